The molecule has 0 aromatic heterocycles. The van der Waals surface area contributed by atoms with Gasteiger partial charge in [-0.15, -0.1) is 0 Å². The van der Waals surface area contributed by atoms with Crippen molar-refractivity contribution in [1.29, 1.82) is 0 Å². The van der Waals surface area contributed by atoms with Gasteiger partial charge in [-0.3, -0.25) is 0 Å². The molecule has 0 aliphatic carbocycles. The van der Waals surface area contributed by atoms with Gasteiger partial charge in [-0.25, -0.2) is 0 Å². The summed E-state index contributed by atoms with van der Waals surface area (Å²) in [6.07, 6.45) is 0.846. The van der Waals surface area contributed by atoms with Gasteiger partial charge in [0.25, 0.3) is 0 Å². The van der Waals surface area contributed by atoms with Crippen molar-refractivity contribution in [3.05, 3.63) is 0 Å². The summed E-state index contributed by atoms with van der Waals surface area (Å²) >= 11 is 2.00. The van der Waals surface area contributed by atoms with Crippen LogP contribution in [0.1, 0.15) is 34.1 Å². The first-order chi connectivity index (χ1) is 6.56. The molecule has 0 fully saturated rings. The quantitative estimate of drug-likeness (QED) is 0.656. The molecule has 0 rings (SSSR count). The highest BCUT2D eigenvalue weighted by Gasteiger charge is 2.06. The Morgan fingerprint density at radius 3 is 2.21 bits per heavy atom. The maximum atomic E-state index is 8.75. The van der Waals surface area contributed by atoms with Crippen molar-refractivity contribution < 1.29 is 5.11 Å². The molecule has 0 aromatic rings. The minimum Gasteiger partial charge on any atom is -0.396 e. The Labute approximate surface area is 92.9 Å². The SMILES string of the molecule is CC(C)CSCC(C)NC(C)CCO. The van der Waals surface area contributed by atoms with Crippen molar-refractivity contribution in [1.82, 2.24) is 5.32 Å². The lowest BCUT2D eigenvalue weighted by Gasteiger charge is -2.19. The summed E-state index contributed by atoms with van der Waals surface area (Å²) in [6.45, 7) is 9.11. The molecule has 0 spiro atoms. The van der Waals surface area contributed by atoms with Gasteiger partial charge in [-0.1, -0.05) is 13.8 Å². The van der Waals surface area contributed by atoms with Crippen molar-refractivity contribution in [2.75, 3.05) is 18.1 Å². The molecule has 0 saturated heterocycles. The Balaban J connectivity index is 3.39. The molecule has 0 aliphatic heterocycles. The van der Waals surface area contributed by atoms with E-state index in [1.54, 1.807) is 0 Å². The maximum Gasteiger partial charge on any atom is 0.0445 e. The minimum atomic E-state index is 0.278. The Morgan fingerprint density at radius 1 is 1.07 bits per heavy atom. The predicted octanol–water partition coefficient (Wildman–Crippen LogP) is 2.12. The number of nitrogens with one attached hydrogen (secondary N) is 1. The van der Waals surface area contributed by atoms with E-state index < -0.39 is 0 Å². The molecule has 2 nitrogen and oxygen atoms in total. The molecule has 0 heterocycles. The van der Waals surface area contributed by atoms with Gasteiger partial charge in [0.15, 0.2) is 0 Å². The van der Waals surface area contributed by atoms with Crippen molar-refractivity contribution in [2.45, 2.75) is 46.2 Å². The van der Waals surface area contributed by atoms with Crippen molar-refractivity contribution >= 4 is 11.8 Å². The molecular weight excluding hydrogens is 194 g/mol. The van der Waals surface area contributed by atoms with Crippen LogP contribution in [0, 0.1) is 5.92 Å². The molecule has 2 N–H and O–H groups in total. The number of aliphatic hydroxyl groups is 1. The molecule has 0 amide bonds. The largest absolute Gasteiger partial charge is 0.396 e. The normalized spacial score (nSPS) is 15.9. The van der Waals surface area contributed by atoms with Crippen LogP contribution in [0.2, 0.25) is 0 Å². The van der Waals surface area contributed by atoms with E-state index >= 15 is 0 Å². The lowest BCUT2D eigenvalue weighted by Crippen LogP contribution is -2.36. The van der Waals surface area contributed by atoms with Crippen molar-refractivity contribution in [2.24, 2.45) is 5.92 Å². The molecule has 2 atom stereocenters. The molecular formula is C11H25NOS. The number of aliphatic hydroxyl groups excluding tert-OH is 1. The van der Waals surface area contributed by atoms with Gasteiger partial charge in [0.1, 0.15) is 0 Å². The van der Waals surface area contributed by atoms with Crippen LogP contribution in [0.5, 0.6) is 0 Å². The number of rotatable bonds is 8. The van der Waals surface area contributed by atoms with Gasteiger partial charge < -0.3 is 10.4 Å². The van der Waals surface area contributed by atoms with Crippen LogP contribution in [0.3, 0.4) is 0 Å². The fourth-order valence-corrected chi connectivity index (χ4v) is 2.35. The number of hydrogen-bond donors (Lipinski definition) is 2. The predicted molar refractivity (Wildman–Crippen MR) is 65.9 cm³/mol. The molecule has 14 heavy (non-hydrogen) atoms. The summed E-state index contributed by atoms with van der Waals surface area (Å²) in [6, 6.07) is 0.968. The van der Waals surface area contributed by atoms with Crippen LogP contribution in [-0.4, -0.2) is 35.3 Å². The standard InChI is InChI=1S/C11H25NOS/c1-9(2)7-14-8-11(4)12-10(3)5-6-13/h9-13H,5-8H2,1-4H3. The fourth-order valence-electron chi connectivity index (χ4n) is 1.29. The first kappa shape index (κ1) is 14.3. The molecule has 86 valence electrons. The zero-order valence-electron chi connectivity index (χ0n) is 9.92. The van der Waals surface area contributed by atoms with Crippen molar-refractivity contribution in [3.63, 3.8) is 0 Å². The molecule has 0 aliphatic rings. The van der Waals surface area contributed by atoms with Gasteiger partial charge in [0, 0.05) is 24.4 Å². The summed E-state index contributed by atoms with van der Waals surface area (Å²) < 4.78 is 0. The summed E-state index contributed by atoms with van der Waals surface area (Å²) in [5.41, 5.74) is 0. The first-order valence-electron chi connectivity index (χ1n) is 5.51. The van der Waals surface area contributed by atoms with Gasteiger partial charge in [0.2, 0.25) is 0 Å². The highest BCUT2D eigenvalue weighted by Crippen LogP contribution is 2.09. The van der Waals surface area contributed by atoms with E-state index in [1.165, 1.54) is 5.75 Å². The van der Waals surface area contributed by atoms with Gasteiger partial charge in [0.05, 0.1) is 0 Å². The smallest absolute Gasteiger partial charge is 0.0445 e. The molecule has 0 aromatic carbocycles. The van der Waals surface area contributed by atoms with Gasteiger partial charge in [-0.05, 0) is 31.9 Å². The topological polar surface area (TPSA) is 32.3 Å². The lowest BCUT2D eigenvalue weighted by molar-refractivity contribution is 0.266. The minimum absolute atomic E-state index is 0.278. The molecule has 2 unspecified atom stereocenters. The van der Waals surface area contributed by atoms with Gasteiger partial charge >= 0.3 is 0 Å². The zero-order valence-corrected chi connectivity index (χ0v) is 10.7. The van der Waals surface area contributed by atoms with Crippen molar-refractivity contribution in [3.8, 4) is 0 Å². The first-order valence-corrected chi connectivity index (χ1v) is 6.66. The van der Waals surface area contributed by atoms with E-state index in [1.807, 2.05) is 11.8 Å². The van der Waals surface area contributed by atoms with Crippen LogP contribution in [0.4, 0.5) is 0 Å². The summed E-state index contributed by atoms with van der Waals surface area (Å²) in [5.74, 6) is 3.18. The second kappa shape index (κ2) is 8.57. The Morgan fingerprint density at radius 2 is 1.71 bits per heavy atom. The lowest BCUT2D eigenvalue weighted by atomic mass is 10.2. The molecule has 0 bridgehead atoms. The van der Waals surface area contributed by atoms with Crippen LogP contribution < -0.4 is 5.32 Å². The maximum absolute atomic E-state index is 8.75. The highest BCUT2D eigenvalue weighted by atomic mass is 32.2. The summed E-state index contributed by atoms with van der Waals surface area (Å²) in [7, 11) is 0. The molecule has 0 radical (unpaired) electrons. The zero-order chi connectivity index (χ0) is 11.0. The van der Waals surface area contributed by atoms with E-state index in [0.29, 0.717) is 12.1 Å². The summed E-state index contributed by atoms with van der Waals surface area (Å²) in [4.78, 5) is 0. The number of hydrogen-bond acceptors (Lipinski definition) is 3. The molecule has 3 heteroatoms. The second-order valence-corrected chi connectivity index (χ2v) is 5.49. The molecule has 0 saturated carbocycles. The van der Waals surface area contributed by atoms with E-state index in [2.05, 4.69) is 33.0 Å². The second-order valence-electron chi connectivity index (χ2n) is 4.41. The van der Waals surface area contributed by atoms with Crippen LogP contribution in [-0.2, 0) is 0 Å². The highest BCUT2D eigenvalue weighted by molar-refractivity contribution is 7.99. The fraction of sp³-hybridized carbons (Fsp3) is 1.00. The third-order valence-corrected chi connectivity index (χ3v) is 3.59. The van der Waals surface area contributed by atoms with Crippen LogP contribution >= 0.6 is 11.8 Å². The van der Waals surface area contributed by atoms with E-state index in [4.69, 9.17) is 5.11 Å². The Bertz CT molecular complexity index is 130. The Kier molecular flexibility index (Phi) is 8.73. The van der Waals surface area contributed by atoms with Crippen LogP contribution in [0.25, 0.3) is 0 Å². The summed E-state index contributed by atoms with van der Waals surface area (Å²) in [5, 5.41) is 12.2. The van der Waals surface area contributed by atoms with Gasteiger partial charge in [-0.2, -0.15) is 11.8 Å². The van der Waals surface area contributed by atoms with E-state index in [-0.39, 0.29) is 6.61 Å². The van der Waals surface area contributed by atoms with E-state index in [0.717, 1.165) is 18.1 Å². The average Bonchev–Trinajstić information content (AvgIpc) is 2.03. The third kappa shape index (κ3) is 8.85. The Hall–Kier alpha value is 0.270. The average molecular weight is 219 g/mol. The third-order valence-electron chi connectivity index (χ3n) is 1.95. The monoisotopic (exact) mass is 219 g/mol. The number of thioether (sulfide) groups is 1. The van der Waals surface area contributed by atoms with Crippen LogP contribution in [0.15, 0.2) is 0 Å². The van der Waals surface area contributed by atoms with E-state index in [9.17, 15) is 0 Å².